The average Bonchev–Trinajstić information content (AvgIpc) is 3.39. The van der Waals surface area contributed by atoms with Crippen LogP contribution in [-0.4, -0.2) is 19.8 Å². The number of nitrogens with two attached hydrogens (primary N) is 1. The Bertz CT molecular complexity index is 594. The van der Waals surface area contributed by atoms with Gasteiger partial charge >= 0.3 is 0 Å². The summed E-state index contributed by atoms with van der Waals surface area (Å²) in [5.41, 5.74) is 2.58. The predicted octanol–water partition coefficient (Wildman–Crippen LogP) is 2.54. The highest BCUT2D eigenvalue weighted by molar-refractivity contribution is 5.42. The molecular weight excluding hydrogens is 274 g/mol. The summed E-state index contributed by atoms with van der Waals surface area (Å²) < 4.78 is 11.4. The van der Waals surface area contributed by atoms with Gasteiger partial charge in [-0.05, 0) is 23.8 Å². The molecule has 3 heteroatoms. The first-order valence-corrected chi connectivity index (χ1v) is 8.02. The molecule has 1 aliphatic carbocycles. The first-order valence-electron chi connectivity index (χ1n) is 8.02. The smallest absolute Gasteiger partial charge is 0.161 e. The minimum Gasteiger partial charge on any atom is -0.493 e. The normalized spacial score (nSPS) is 13.9. The summed E-state index contributed by atoms with van der Waals surface area (Å²) in [6.45, 7) is 1.68. The van der Waals surface area contributed by atoms with E-state index in [1.807, 2.05) is 12.1 Å². The van der Waals surface area contributed by atoms with Gasteiger partial charge in [0.15, 0.2) is 11.5 Å². The van der Waals surface area contributed by atoms with Crippen LogP contribution < -0.4 is 14.8 Å². The van der Waals surface area contributed by atoms with Crippen LogP contribution in [0.3, 0.4) is 0 Å². The molecule has 0 heterocycles. The quantitative estimate of drug-likeness (QED) is 0.813. The largest absolute Gasteiger partial charge is 0.493 e. The Morgan fingerprint density at radius 2 is 1.82 bits per heavy atom. The van der Waals surface area contributed by atoms with Crippen LogP contribution in [0.1, 0.15) is 24.0 Å². The van der Waals surface area contributed by atoms with Crippen molar-refractivity contribution in [2.75, 3.05) is 13.7 Å². The molecule has 0 bridgehead atoms. The third-order valence-corrected chi connectivity index (χ3v) is 4.03. The second-order valence-corrected chi connectivity index (χ2v) is 5.85. The minimum atomic E-state index is 0.661. The van der Waals surface area contributed by atoms with Gasteiger partial charge in [0.05, 0.1) is 19.8 Å². The minimum absolute atomic E-state index is 0.661. The second-order valence-electron chi connectivity index (χ2n) is 5.85. The molecule has 0 atom stereocenters. The number of hydrogen-bond acceptors (Lipinski definition) is 2. The second kappa shape index (κ2) is 7.32. The number of ether oxygens (including phenoxy) is 2. The molecule has 0 radical (unpaired) electrons. The Hall–Kier alpha value is -2.00. The highest BCUT2D eigenvalue weighted by Crippen LogP contribution is 2.28. The maximum Gasteiger partial charge on any atom is 0.161 e. The Kier molecular flexibility index (Phi) is 4.96. The molecule has 1 saturated carbocycles. The Morgan fingerprint density at radius 3 is 2.55 bits per heavy atom. The molecule has 0 aliphatic heterocycles. The first-order chi connectivity index (χ1) is 10.8. The van der Waals surface area contributed by atoms with Crippen molar-refractivity contribution in [1.29, 1.82) is 0 Å². The molecule has 0 amide bonds. The number of rotatable bonds is 8. The van der Waals surface area contributed by atoms with Crippen LogP contribution in [0.5, 0.6) is 11.5 Å². The fraction of sp³-hybridized carbons (Fsp3) is 0.368. The standard InChI is InChI=1S/C19H23NO2/c1-21-19-13-16(14-20-17-8-9-17)7-10-18(19)22-12-11-15-5-3-2-4-6-15/h2-7,10,13,17,20H,8-9,11-12,14H2,1H3/p+1. The lowest BCUT2D eigenvalue weighted by atomic mass is 10.1. The average molecular weight is 298 g/mol. The third-order valence-electron chi connectivity index (χ3n) is 4.03. The number of hydrogen-bond donors (Lipinski definition) is 1. The fourth-order valence-electron chi connectivity index (χ4n) is 2.52. The van der Waals surface area contributed by atoms with Crippen LogP contribution >= 0.6 is 0 Å². The maximum absolute atomic E-state index is 5.89. The van der Waals surface area contributed by atoms with E-state index in [9.17, 15) is 0 Å². The molecule has 2 aromatic carbocycles. The molecule has 0 spiro atoms. The summed E-state index contributed by atoms with van der Waals surface area (Å²) in [5.74, 6) is 1.66. The summed E-state index contributed by atoms with van der Waals surface area (Å²) >= 11 is 0. The van der Waals surface area contributed by atoms with Crippen LogP contribution in [-0.2, 0) is 13.0 Å². The lowest BCUT2D eigenvalue weighted by Gasteiger charge is -2.12. The topological polar surface area (TPSA) is 35.1 Å². The number of benzene rings is 2. The van der Waals surface area contributed by atoms with Crippen molar-refractivity contribution in [3.63, 3.8) is 0 Å². The molecule has 3 rings (SSSR count). The molecule has 116 valence electrons. The van der Waals surface area contributed by atoms with Gasteiger partial charge in [-0.25, -0.2) is 0 Å². The highest BCUT2D eigenvalue weighted by Gasteiger charge is 2.24. The molecule has 1 aliphatic rings. The van der Waals surface area contributed by atoms with E-state index < -0.39 is 0 Å². The van der Waals surface area contributed by atoms with Crippen LogP contribution in [0.25, 0.3) is 0 Å². The molecule has 0 saturated heterocycles. The number of methoxy groups -OCH3 is 1. The van der Waals surface area contributed by atoms with Crippen LogP contribution in [0.15, 0.2) is 48.5 Å². The molecular formula is C19H24NO2+. The summed E-state index contributed by atoms with van der Waals surface area (Å²) in [7, 11) is 1.70. The van der Waals surface area contributed by atoms with Gasteiger partial charge in [-0.15, -0.1) is 0 Å². The van der Waals surface area contributed by atoms with E-state index >= 15 is 0 Å². The Morgan fingerprint density at radius 1 is 1.00 bits per heavy atom. The molecule has 2 N–H and O–H groups in total. The molecule has 1 fully saturated rings. The van der Waals surface area contributed by atoms with E-state index in [0.717, 1.165) is 30.5 Å². The summed E-state index contributed by atoms with van der Waals surface area (Å²) in [5, 5.41) is 2.41. The summed E-state index contributed by atoms with van der Waals surface area (Å²) in [4.78, 5) is 0. The van der Waals surface area contributed by atoms with Crippen LogP contribution in [0.4, 0.5) is 0 Å². The highest BCUT2D eigenvalue weighted by atomic mass is 16.5. The van der Waals surface area contributed by atoms with Crippen LogP contribution in [0.2, 0.25) is 0 Å². The van der Waals surface area contributed by atoms with Crippen molar-refractivity contribution in [3.8, 4) is 11.5 Å². The molecule has 0 aromatic heterocycles. The lowest BCUT2D eigenvalue weighted by molar-refractivity contribution is -0.683. The SMILES string of the molecule is COc1cc(C[NH2+]C2CC2)ccc1OCCc1ccccc1. The van der Waals surface area contributed by atoms with Gasteiger partial charge in [-0.1, -0.05) is 30.3 Å². The van der Waals surface area contributed by atoms with Gasteiger partial charge in [-0.2, -0.15) is 0 Å². The zero-order valence-electron chi connectivity index (χ0n) is 13.1. The van der Waals surface area contributed by atoms with Crippen molar-refractivity contribution in [3.05, 3.63) is 59.7 Å². The number of quaternary nitrogens is 1. The van der Waals surface area contributed by atoms with E-state index in [4.69, 9.17) is 9.47 Å². The van der Waals surface area contributed by atoms with E-state index in [0.29, 0.717) is 6.61 Å². The lowest BCUT2D eigenvalue weighted by Crippen LogP contribution is -2.84. The van der Waals surface area contributed by atoms with Gasteiger partial charge in [0.25, 0.3) is 0 Å². The van der Waals surface area contributed by atoms with Gasteiger partial charge in [0.2, 0.25) is 0 Å². The maximum atomic E-state index is 5.89. The van der Waals surface area contributed by atoms with E-state index in [-0.39, 0.29) is 0 Å². The molecule has 2 aromatic rings. The Balaban J connectivity index is 1.55. The zero-order chi connectivity index (χ0) is 15.2. The van der Waals surface area contributed by atoms with Crippen molar-refractivity contribution in [1.82, 2.24) is 0 Å². The van der Waals surface area contributed by atoms with Gasteiger partial charge in [-0.3, -0.25) is 0 Å². The van der Waals surface area contributed by atoms with Crippen molar-refractivity contribution in [2.45, 2.75) is 31.8 Å². The van der Waals surface area contributed by atoms with Crippen LogP contribution in [0, 0.1) is 0 Å². The molecule has 0 unspecified atom stereocenters. The van der Waals surface area contributed by atoms with E-state index in [2.05, 4.69) is 41.7 Å². The van der Waals surface area contributed by atoms with E-state index in [1.54, 1.807) is 7.11 Å². The summed E-state index contributed by atoms with van der Waals surface area (Å²) in [6.07, 6.45) is 3.62. The van der Waals surface area contributed by atoms with Gasteiger partial charge < -0.3 is 14.8 Å². The van der Waals surface area contributed by atoms with Gasteiger partial charge in [0, 0.05) is 24.8 Å². The fourth-order valence-corrected chi connectivity index (χ4v) is 2.52. The first kappa shape index (κ1) is 14.9. The van der Waals surface area contributed by atoms with E-state index in [1.165, 1.54) is 24.0 Å². The third kappa shape index (κ3) is 4.25. The Labute approximate surface area is 132 Å². The van der Waals surface area contributed by atoms with Crippen molar-refractivity contribution >= 4 is 0 Å². The molecule has 22 heavy (non-hydrogen) atoms. The molecule has 3 nitrogen and oxygen atoms in total. The predicted molar refractivity (Wildman–Crippen MR) is 87.3 cm³/mol. The van der Waals surface area contributed by atoms with Crippen molar-refractivity contribution in [2.24, 2.45) is 0 Å². The monoisotopic (exact) mass is 298 g/mol. The zero-order valence-corrected chi connectivity index (χ0v) is 13.1. The summed E-state index contributed by atoms with van der Waals surface area (Å²) in [6, 6.07) is 17.5. The van der Waals surface area contributed by atoms with Gasteiger partial charge in [0.1, 0.15) is 6.54 Å². The van der Waals surface area contributed by atoms with Crippen molar-refractivity contribution < 1.29 is 14.8 Å².